The number of aromatic nitrogens is 3. The second kappa shape index (κ2) is 6.81. The van der Waals surface area contributed by atoms with Crippen molar-refractivity contribution in [3.8, 4) is 21.1 Å². The van der Waals surface area contributed by atoms with Crippen LogP contribution in [0.25, 0.3) is 32.1 Å². The number of aryl methyl sites for hydroxylation is 1. The molecule has 0 aromatic carbocycles. The van der Waals surface area contributed by atoms with Gasteiger partial charge in [-0.25, -0.2) is 19.4 Å². The molecule has 0 fully saturated rings. The average molecular weight is 379 g/mol. The third kappa shape index (κ3) is 3.04. The molecule has 0 aliphatic heterocycles. The summed E-state index contributed by atoms with van der Waals surface area (Å²) in [5.74, 6) is 0.0279. The van der Waals surface area contributed by atoms with E-state index in [1.165, 1.54) is 17.4 Å². The van der Waals surface area contributed by atoms with Gasteiger partial charge in [0.1, 0.15) is 22.1 Å². The van der Waals surface area contributed by atoms with Gasteiger partial charge in [0.15, 0.2) is 5.84 Å². The SMILES string of the molecule is C=NC(=NC)c1nc(-c2sc(-c3cncc(F)c3)nc2C)cc2occc12. The molecule has 0 atom stereocenters. The fourth-order valence-corrected chi connectivity index (χ4v) is 3.80. The molecule has 134 valence electrons. The van der Waals surface area contributed by atoms with Crippen molar-refractivity contribution in [3.63, 3.8) is 0 Å². The molecule has 0 N–H and O–H groups in total. The van der Waals surface area contributed by atoms with E-state index in [1.54, 1.807) is 19.5 Å². The van der Waals surface area contributed by atoms with E-state index >= 15 is 0 Å². The van der Waals surface area contributed by atoms with E-state index in [1.807, 2.05) is 19.1 Å². The number of nitrogens with zero attached hydrogens (tertiary/aromatic N) is 5. The summed E-state index contributed by atoms with van der Waals surface area (Å²) >= 11 is 1.41. The first-order chi connectivity index (χ1) is 13.1. The number of amidine groups is 1. The first kappa shape index (κ1) is 17.2. The number of hydrogen-bond acceptors (Lipinski definition) is 6. The number of halogens is 1. The molecule has 8 heteroatoms. The highest BCUT2D eigenvalue weighted by atomic mass is 32.1. The molecule has 0 aliphatic carbocycles. The number of fused-ring (bicyclic) bond motifs is 1. The Morgan fingerprint density at radius 3 is 2.85 bits per heavy atom. The minimum Gasteiger partial charge on any atom is -0.464 e. The molecular weight excluding hydrogens is 365 g/mol. The van der Waals surface area contributed by atoms with Gasteiger partial charge in [0.05, 0.1) is 28.7 Å². The molecule has 4 aromatic rings. The van der Waals surface area contributed by atoms with E-state index in [0.717, 1.165) is 22.2 Å². The third-order valence-corrected chi connectivity index (χ3v) is 5.23. The Morgan fingerprint density at radius 2 is 2.11 bits per heavy atom. The van der Waals surface area contributed by atoms with Crippen LogP contribution in [0.5, 0.6) is 0 Å². The van der Waals surface area contributed by atoms with Crippen LogP contribution in [-0.2, 0) is 0 Å². The molecule has 27 heavy (non-hydrogen) atoms. The van der Waals surface area contributed by atoms with Crippen molar-refractivity contribution in [2.45, 2.75) is 6.92 Å². The summed E-state index contributed by atoms with van der Waals surface area (Å²) in [6, 6.07) is 5.08. The second-order valence-corrected chi connectivity index (χ2v) is 6.72. The van der Waals surface area contributed by atoms with Gasteiger partial charge in [-0.15, -0.1) is 11.3 Å². The van der Waals surface area contributed by atoms with Gasteiger partial charge in [-0.3, -0.25) is 9.98 Å². The van der Waals surface area contributed by atoms with Gasteiger partial charge in [-0.2, -0.15) is 0 Å². The Kier molecular flexibility index (Phi) is 4.33. The summed E-state index contributed by atoms with van der Waals surface area (Å²) in [4.78, 5) is 22.1. The number of furan rings is 1. The minimum absolute atomic E-state index is 0.403. The summed E-state index contributed by atoms with van der Waals surface area (Å²) in [6.07, 6.45) is 4.35. The number of rotatable bonds is 3. The zero-order valence-electron chi connectivity index (χ0n) is 14.6. The molecule has 0 spiro atoms. The molecule has 0 saturated heterocycles. The first-order valence-corrected chi connectivity index (χ1v) is 8.83. The van der Waals surface area contributed by atoms with Crippen LogP contribution >= 0.6 is 11.3 Å². The summed E-state index contributed by atoms with van der Waals surface area (Å²) in [5.41, 5.74) is 3.35. The maximum absolute atomic E-state index is 13.5. The Labute approximate surface area is 158 Å². The molecule has 6 nitrogen and oxygen atoms in total. The molecule has 4 rings (SSSR count). The molecular formula is C19H14FN5OS. The van der Waals surface area contributed by atoms with Gasteiger partial charge in [0.25, 0.3) is 0 Å². The van der Waals surface area contributed by atoms with Gasteiger partial charge < -0.3 is 4.42 Å². The molecule has 0 unspecified atom stereocenters. The van der Waals surface area contributed by atoms with E-state index in [0.29, 0.717) is 33.4 Å². The maximum atomic E-state index is 13.5. The standard InChI is InChI=1S/C19H14FN5OS/c1-10-17(27-19(24-10)11-6-12(20)9-23-8-11)14-7-15-13(4-5-26-15)16(25-14)18(21-2)22-3/h4-9H,2H2,1,3H3. The maximum Gasteiger partial charge on any atom is 0.173 e. The number of pyridine rings is 2. The van der Waals surface area contributed by atoms with Crippen LogP contribution < -0.4 is 0 Å². The summed E-state index contributed by atoms with van der Waals surface area (Å²) < 4.78 is 19.1. The Bertz CT molecular complexity index is 1190. The number of hydrogen-bond donors (Lipinski definition) is 0. The molecule has 0 bridgehead atoms. The molecule has 0 aliphatic rings. The van der Waals surface area contributed by atoms with Gasteiger partial charge in [-0.05, 0) is 25.8 Å². The minimum atomic E-state index is -0.403. The van der Waals surface area contributed by atoms with Crippen LogP contribution in [0, 0.1) is 12.7 Å². The Balaban J connectivity index is 1.89. The van der Waals surface area contributed by atoms with Crippen molar-refractivity contribution >= 4 is 34.9 Å². The summed E-state index contributed by atoms with van der Waals surface area (Å²) in [6.45, 7) is 5.45. The van der Waals surface area contributed by atoms with E-state index < -0.39 is 5.82 Å². The number of aliphatic imine (C=N–C) groups is 2. The van der Waals surface area contributed by atoms with Crippen LogP contribution in [-0.4, -0.2) is 34.6 Å². The van der Waals surface area contributed by atoms with Crippen LogP contribution in [0.4, 0.5) is 4.39 Å². The monoisotopic (exact) mass is 379 g/mol. The van der Waals surface area contributed by atoms with Crippen LogP contribution in [0.15, 0.2) is 51.3 Å². The van der Waals surface area contributed by atoms with Gasteiger partial charge >= 0.3 is 0 Å². The van der Waals surface area contributed by atoms with E-state index in [4.69, 9.17) is 9.40 Å². The van der Waals surface area contributed by atoms with Crippen LogP contribution in [0.1, 0.15) is 11.4 Å². The molecule has 0 amide bonds. The van der Waals surface area contributed by atoms with Crippen molar-refractivity contribution in [1.29, 1.82) is 0 Å². The Morgan fingerprint density at radius 1 is 1.26 bits per heavy atom. The fourth-order valence-electron chi connectivity index (χ4n) is 2.79. The molecule has 4 aromatic heterocycles. The topological polar surface area (TPSA) is 76.5 Å². The molecule has 4 heterocycles. The van der Waals surface area contributed by atoms with Gasteiger partial charge in [-0.1, -0.05) is 0 Å². The lowest BCUT2D eigenvalue weighted by molar-refractivity contribution is 0.615. The average Bonchev–Trinajstić information content (AvgIpc) is 3.29. The third-order valence-electron chi connectivity index (χ3n) is 4.00. The zero-order valence-corrected chi connectivity index (χ0v) is 15.4. The van der Waals surface area contributed by atoms with Crippen LogP contribution in [0.2, 0.25) is 0 Å². The first-order valence-electron chi connectivity index (χ1n) is 8.01. The van der Waals surface area contributed by atoms with Gasteiger partial charge in [0, 0.05) is 30.3 Å². The van der Waals surface area contributed by atoms with Crippen molar-refractivity contribution in [2.24, 2.45) is 9.98 Å². The lowest BCUT2D eigenvalue weighted by Gasteiger charge is -2.05. The smallest absolute Gasteiger partial charge is 0.173 e. The van der Waals surface area contributed by atoms with Crippen LogP contribution in [0.3, 0.4) is 0 Å². The van der Waals surface area contributed by atoms with Crippen molar-refractivity contribution in [3.05, 3.63) is 54.1 Å². The largest absolute Gasteiger partial charge is 0.464 e. The highest BCUT2D eigenvalue weighted by molar-refractivity contribution is 7.18. The molecule has 0 saturated carbocycles. The summed E-state index contributed by atoms with van der Waals surface area (Å²) in [5, 5.41) is 1.48. The normalized spacial score (nSPS) is 11.9. The Hall–Kier alpha value is -3.26. The number of thiazole rings is 1. The van der Waals surface area contributed by atoms with E-state index in [2.05, 4.69) is 26.7 Å². The predicted molar refractivity (Wildman–Crippen MR) is 105 cm³/mol. The summed E-state index contributed by atoms with van der Waals surface area (Å²) in [7, 11) is 1.64. The highest BCUT2D eigenvalue weighted by Crippen LogP contribution is 2.36. The fraction of sp³-hybridized carbons (Fsp3) is 0.105. The zero-order chi connectivity index (χ0) is 19.0. The van der Waals surface area contributed by atoms with E-state index in [-0.39, 0.29) is 0 Å². The van der Waals surface area contributed by atoms with Crippen molar-refractivity contribution < 1.29 is 8.81 Å². The quantitative estimate of drug-likeness (QED) is 0.387. The lowest BCUT2D eigenvalue weighted by Crippen LogP contribution is -2.02. The van der Waals surface area contributed by atoms with Gasteiger partial charge in [0.2, 0.25) is 0 Å². The molecule has 0 radical (unpaired) electrons. The van der Waals surface area contributed by atoms with Crippen molar-refractivity contribution in [1.82, 2.24) is 15.0 Å². The second-order valence-electron chi connectivity index (χ2n) is 5.72. The highest BCUT2D eigenvalue weighted by Gasteiger charge is 2.18. The van der Waals surface area contributed by atoms with Crippen molar-refractivity contribution in [2.75, 3.05) is 7.05 Å². The lowest BCUT2D eigenvalue weighted by atomic mass is 10.1. The predicted octanol–water partition coefficient (Wildman–Crippen LogP) is 4.54. The van der Waals surface area contributed by atoms with E-state index in [9.17, 15) is 4.39 Å².